The Balaban J connectivity index is 1.97. The summed E-state index contributed by atoms with van der Waals surface area (Å²) < 4.78 is 11.4. The summed E-state index contributed by atoms with van der Waals surface area (Å²) in [6.07, 6.45) is 1.30. The topological polar surface area (TPSA) is 77.7 Å². The van der Waals surface area contributed by atoms with E-state index in [2.05, 4.69) is 4.98 Å². The van der Waals surface area contributed by atoms with Crippen molar-refractivity contribution in [3.05, 3.63) is 40.1 Å². The van der Waals surface area contributed by atoms with E-state index in [4.69, 9.17) is 9.47 Å². The van der Waals surface area contributed by atoms with E-state index in [0.29, 0.717) is 18.2 Å². The molecule has 1 aliphatic rings. The first kappa shape index (κ1) is 15.5. The van der Waals surface area contributed by atoms with Gasteiger partial charge in [-0.1, -0.05) is 0 Å². The molecular formula is C15H17N3O4S. The van der Waals surface area contributed by atoms with Crippen LogP contribution in [0.25, 0.3) is 0 Å². The number of hydrogen-bond acceptors (Lipinski definition) is 7. The van der Waals surface area contributed by atoms with Crippen LogP contribution in [-0.4, -0.2) is 29.2 Å². The Bertz CT molecular complexity index is 744. The largest absolute Gasteiger partial charge is 0.497 e. The van der Waals surface area contributed by atoms with Crippen molar-refractivity contribution in [1.82, 2.24) is 4.98 Å². The summed E-state index contributed by atoms with van der Waals surface area (Å²) in [5.74, 6) is 1.50. The van der Waals surface area contributed by atoms with Gasteiger partial charge in [0.25, 0.3) is 0 Å². The predicted molar refractivity (Wildman–Crippen MR) is 87.5 cm³/mol. The third-order valence-corrected chi connectivity index (χ3v) is 4.53. The van der Waals surface area contributed by atoms with E-state index in [1.807, 2.05) is 36.9 Å². The number of aromatic nitrogens is 1. The van der Waals surface area contributed by atoms with Crippen molar-refractivity contribution in [3.63, 3.8) is 0 Å². The van der Waals surface area contributed by atoms with E-state index in [0.717, 1.165) is 28.4 Å². The van der Waals surface area contributed by atoms with Gasteiger partial charge in [-0.25, -0.2) is 4.98 Å². The summed E-state index contributed by atoms with van der Waals surface area (Å²) in [7, 11) is 1.62. The van der Waals surface area contributed by atoms with Crippen LogP contribution in [0.5, 0.6) is 11.5 Å². The monoisotopic (exact) mass is 335 g/mol. The van der Waals surface area contributed by atoms with Gasteiger partial charge in [0.1, 0.15) is 23.3 Å². The van der Waals surface area contributed by atoms with Gasteiger partial charge in [0.2, 0.25) is 0 Å². The lowest BCUT2D eigenvalue weighted by Gasteiger charge is -2.29. The molecule has 0 atom stereocenters. The van der Waals surface area contributed by atoms with Crippen molar-refractivity contribution < 1.29 is 14.4 Å². The highest BCUT2D eigenvalue weighted by atomic mass is 32.1. The SMILES string of the molecule is COc1ccc2c(c1)OC(C)(C)CN(c1ncc([N+](=O)[O-])s1)C2. The molecule has 1 aromatic carbocycles. The number of ether oxygens (including phenoxy) is 2. The van der Waals surface area contributed by atoms with E-state index in [1.54, 1.807) is 7.11 Å². The summed E-state index contributed by atoms with van der Waals surface area (Å²) in [6.45, 7) is 5.12. The number of benzene rings is 1. The molecule has 0 saturated carbocycles. The molecule has 0 amide bonds. The number of anilines is 1. The zero-order valence-corrected chi connectivity index (χ0v) is 13.9. The number of fused-ring (bicyclic) bond motifs is 1. The van der Waals surface area contributed by atoms with Crippen LogP contribution in [0.1, 0.15) is 19.4 Å². The van der Waals surface area contributed by atoms with Crippen LogP contribution in [0.4, 0.5) is 10.1 Å². The number of nitrogens with zero attached hydrogens (tertiary/aromatic N) is 3. The maximum atomic E-state index is 10.9. The molecule has 1 aliphatic heterocycles. The highest BCUT2D eigenvalue weighted by Crippen LogP contribution is 2.36. The second kappa shape index (κ2) is 5.69. The van der Waals surface area contributed by atoms with Gasteiger partial charge in [0.05, 0.1) is 18.6 Å². The smallest absolute Gasteiger partial charge is 0.345 e. The molecule has 23 heavy (non-hydrogen) atoms. The van der Waals surface area contributed by atoms with E-state index >= 15 is 0 Å². The molecule has 1 aromatic heterocycles. The number of hydrogen-bond donors (Lipinski definition) is 0. The lowest BCUT2D eigenvalue weighted by atomic mass is 10.1. The third kappa shape index (κ3) is 3.21. The van der Waals surface area contributed by atoms with Crippen LogP contribution in [0.2, 0.25) is 0 Å². The first-order valence-electron chi connectivity index (χ1n) is 7.09. The second-order valence-corrected chi connectivity index (χ2v) is 6.92. The van der Waals surface area contributed by atoms with Crippen molar-refractivity contribution in [1.29, 1.82) is 0 Å². The predicted octanol–water partition coefficient (Wildman–Crippen LogP) is 3.24. The highest BCUT2D eigenvalue weighted by Gasteiger charge is 2.31. The molecule has 7 nitrogen and oxygen atoms in total. The van der Waals surface area contributed by atoms with Gasteiger partial charge in [-0.05, 0) is 37.3 Å². The lowest BCUT2D eigenvalue weighted by Crippen LogP contribution is -2.40. The van der Waals surface area contributed by atoms with E-state index in [1.165, 1.54) is 6.20 Å². The van der Waals surface area contributed by atoms with E-state index in [9.17, 15) is 10.1 Å². The Kier molecular flexibility index (Phi) is 3.85. The van der Waals surface area contributed by atoms with Gasteiger partial charge in [0, 0.05) is 18.2 Å². The Morgan fingerprint density at radius 1 is 1.48 bits per heavy atom. The Morgan fingerprint density at radius 3 is 2.91 bits per heavy atom. The van der Waals surface area contributed by atoms with Crippen molar-refractivity contribution >= 4 is 21.5 Å². The normalized spacial score (nSPS) is 16.2. The molecule has 0 saturated heterocycles. The van der Waals surface area contributed by atoms with Crippen molar-refractivity contribution in [2.24, 2.45) is 0 Å². The van der Waals surface area contributed by atoms with Gasteiger partial charge < -0.3 is 14.4 Å². The van der Waals surface area contributed by atoms with Crippen molar-refractivity contribution in [2.45, 2.75) is 26.0 Å². The van der Waals surface area contributed by atoms with E-state index < -0.39 is 10.5 Å². The molecular weight excluding hydrogens is 318 g/mol. The fourth-order valence-corrected chi connectivity index (χ4v) is 3.29. The summed E-state index contributed by atoms with van der Waals surface area (Å²) in [5, 5.41) is 11.5. The number of rotatable bonds is 3. The minimum absolute atomic E-state index is 0.0397. The standard InChI is InChI=1S/C15H17N3O4S/c1-15(2)9-17(14-16-7-13(23-14)18(19)20)8-10-4-5-11(21-3)6-12(10)22-15/h4-7H,8-9H2,1-3H3. The fraction of sp³-hybridized carbons (Fsp3) is 0.400. The molecule has 8 heteroatoms. The van der Waals surface area contributed by atoms with Crippen LogP contribution in [0.15, 0.2) is 24.4 Å². The Labute approximate surface area is 137 Å². The molecule has 0 radical (unpaired) electrons. The molecule has 2 heterocycles. The van der Waals surface area contributed by atoms with Crippen molar-refractivity contribution in [2.75, 3.05) is 18.6 Å². The quantitative estimate of drug-likeness (QED) is 0.633. The molecule has 0 bridgehead atoms. The van der Waals surface area contributed by atoms with Gasteiger partial charge in [-0.3, -0.25) is 10.1 Å². The summed E-state index contributed by atoms with van der Waals surface area (Å²) in [6, 6.07) is 5.69. The Hall–Kier alpha value is -2.35. The molecule has 122 valence electrons. The minimum Gasteiger partial charge on any atom is -0.497 e. The molecule has 0 fully saturated rings. The molecule has 0 spiro atoms. The molecule has 3 rings (SSSR count). The zero-order chi connectivity index (χ0) is 16.6. The van der Waals surface area contributed by atoms with E-state index in [-0.39, 0.29) is 5.00 Å². The maximum Gasteiger partial charge on any atom is 0.345 e. The zero-order valence-electron chi connectivity index (χ0n) is 13.1. The van der Waals surface area contributed by atoms with Gasteiger partial charge >= 0.3 is 5.00 Å². The summed E-state index contributed by atoms with van der Waals surface area (Å²) in [5.41, 5.74) is 0.534. The average molecular weight is 335 g/mol. The molecule has 0 unspecified atom stereocenters. The summed E-state index contributed by atoms with van der Waals surface area (Å²) >= 11 is 1.08. The van der Waals surface area contributed by atoms with Crippen LogP contribution < -0.4 is 14.4 Å². The lowest BCUT2D eigenvalue weighted by molar-refractivity contribution is -0.380. The van der Waals surface area contributed by atoms with Gasteiger partial charge in [-0.2, -0.15) is 0 Å². The van der Waals surface area contributed by atoms with Crippen LogP contribution in [-0.2, 0) is 6.54 Å². The first-order chi connectivity index (χ1) is 10.9. The number of thiazole rings is 1. The fourth-order valence-electron chi connectivity index (χ4n) is 2.56. The van der Waals surface area contributed by atoms with Crippen molar-refractivity contribution in [3.8, 4) is 11.5 Å². The van der Waals surface area contributed by atoms with Crippen LogP contribution >= 0.6 is 11.3 Å². The molecule has 0 aliphatic carbocycles. The van der Waals surface area contributed by atoms with Crippen LogP contribution in [0.3, 0.4) is 0 Å². The minimum atomic E-state index is -0.460. The Morgan fingerprint density at radius 2 is 2.26 bits per heavy atom. The third-order valence-electron chi connectivity index (χ3n) is 3.53. The summed E-state index contributed by atoms with van der Waals surface area (Å²) in [4.78, 5) is 16.7. The first-order valence-corrected chi connectivity index (χ1v) is 7.91. The second-order valence-electron chi connectivity index (χ2n) is 5.93. The van der Waals surface area contributed by atoms with Gasteiger partial charge in [0.15, 0.2) is 5.13 Å². The molecule has 2 aromatic rings. The highest BCUT2D eigenvalue weighted by molar-refractivity contribution is 7.18. The molecule has 0 N–H and O–H groups in total. The van der Waals surface area contributed by atoms with Gasteiger partial charge in [-0.15, -0.1) is 0 Å². The van der Waals surface area contributed by atoms with Crippen LogP contribution in [0, 0.1) is 10.1 Å². The number of nitro groups is 1. The maximum absolute atomic E-state index is 10.9. The number of methoxy groups -OCH3 is 1. The average Bonchev–Trinajstić information content (AvgIpc) is 2.92.